The van der Waals surface area contributed by atoms with Crippen LogP contribution in [0.3, 0.4) is 0 Å². The highest BCUT2D eigenvalue weighted by atomic mass is 15.0. The van der Waals surface area contributed by atoms with E-state index in [1.54, 1.807) is 6.20 Å². The highest BCUT2D eigenvalue weighted by Gasteiger charge is 2.05. The maximum Gasteiger partial charge on any atom is 0.144 e. The first-order chi connectivity index (χ1) is 8.70. The average Bonchev–Trinajstić information content (AvgIpc) is 2.36. The lowest BCUT2D eigenvalue weighted by atomic mass is 10.1. The third kappa shape index (κ3) is 2.58. The second-order valence-electron chi connectivity index (χ2n) is 4.06. The van der Waals surface area contributed by atoms with Gasteiger partial charge in [-0.1, -0.05) is 12.1 Å². The molecule has 4 nitrogen and oxygen atoms in total. The Balaban J connectivity index is 2.16. The first-order valence-corrected chi connectivity index (χ1v) is 5.64. The van der Waals surface area contributed by atoms with Crippen LogP contribution in [0.2, 0.25) is 0 Å². The molecule has 0 radical (unpaired) electrons. The number of rotatable bonds is 3. The maximum atomic E-state index is 9.09. The van der Waals surface area contributed by atoms with Gasteiger partial charge >= 0.3 is 0 Å². The van der Waals surface area contributed by atoms with Gasteiger partial charge in [0, 0.05) is 18.4 Å². The summed E-state index contributed by atoms with van der Waals surface area (Å²) in [5, 5.41) is 12.2. The lowest BCUT2D eigenvalue weighted by Gasteiger charge is -2.09. The topological polar surface area (TPSA) is 74.7 Å². The molecule has 90 valence electrons. The number of pyridine rings is 1. The van der Waals surface area contributed by atoms with Crippen molar-refractivity contribution in [1.29, 1.82) is 5.26 Å². The van der Waals surface area contributed by atoms with Crippen LogP contribution < -0.4 is 11.1 Å². The first-order valence-electron chi connectivity index (χ1n) is 5.64. The zero-order valence-electron chi connectivity index (χ0n) is 10.1. The van der Waals surface area contributed by atoms with Crippen molar-refractivity contribution in [2.45, 2.75) is 13.5 Å². The number of benzene rings is 1. The van der Waals surface area contributed by atoms with E-state index in [1.807, 2.05) is 37.3 Å². The lowest BCUT2D eigenvalue weighted by Crippen LogP contribution is -2.04. The number of hydrogen-bond donors (Lipinski definition) is 2. The number of nitriles is 1. The number of nitrogen functional groups attached to an aromatic ring is 1. The Kier molecular flexibility index (Phi) is 3.44. The second-order valence-corrected chi connectivity index (χ2v) is 4.06. The fraction of sp³-hybridized carbons (Fsp3) is 0.143. The van der Waals surface area contributed by atoms with Gasteiger partial charge in [0.15, 0.2) is 0 Å². The molecule has 0 spiro atoms. The van der Waals surface area contributed by atoms with Crippen molar-refractivity contribution in [1.82, 2.24) is 4.98 Å². The van der Waals surface area contributed by atoms with Crippen LogP contribution in [0.1, 0.15) is 16.7 Å². The smallest absolute Gasteiger partial charge is 0.144 e. The normalized spacial score (nSPS) is 9.78. The van der Waals surface area contributed by atoms with E-state index in [-0.39, 0.29) is 0 Å². The fourth-order valence-corrected chi connectivity index (χ4v) is 1.72. The molecule has 0 aliphatic rings. The molecule has 0 saturated carbocycles. The van der Waals surface area contributed by atoms with Crippen LogP contribution in [0, 0.1) is 18.3 Å². The Labute approximate surface area is 106 Å². The SMILES string of the molecule is Cc1ccnc(NCc2cccc(N)c2)c1C#N. The molecule has 0 bridgehead atoms. The summed E-state index contributed by atoms with van der Waals surface area (Å²) in [6.45, 7) is 2.49. The van der Waals surface area contributed by atoms with Crippen LogP contribution in [0.15, 0.2) is 36.5 Å². The quantitative estimate of drug-likeness (QED) is 0.805. The molecule has 1 aromatic heterocycles. The van der Waals surface area contributed by atoms with Gasteiger partial charge in [-0.25, -0.2) is 4.98 Å². The molecule has 0 saturated heterocycles. The number of hydrogen-bond acceptors (Lipinski definition) is 4. The molecule has 0 aliphatic carbocycles. The standard InChI is InChI=1S/C14H14N4/c1-10-5-6-17-14(13(10)8-15)18-9-11-3-2-4-12(16)7-11/h2-7H,9,16H2,1H3,(H,17,18). The van der Waals surface area contributed by atoms with Gasteiger partial charge in [-0.2, -0.15) is 5.26 Å². The van der Waals surface area contributed by atoms with Crippen LogP contribution in [0.25, 0.3) is 0 Å². The summed E-state index contributed by atoms with van der Waals surface area (Å²) in [7, 11) is 0. The van der Waals surface area contributed by atoms with E-state index < -0.39 is 0 Å². The molecule has 2 aromatic rings. The van der Waals surface area contributed by atoms with Crippen molar-refractivity contribution >= 4 is 11.5 Å². The third-order valence-corrected chi connectivity index (χ3v) is 2.68. The molecule has 0 amide bonds. The molecule has 4 heteroatoms. The molecule has 3 N–H and O–H groups in total. The number of nitrogens with one attached hydrogen (secondary N) is 1. The van der Waals surface area contributed by atoms with Gasteiger partial charge in [-0.05, 0) is 36.2 Å². The molecule has 0 atom stereocenters. The van der Waals surface area contributed by atoms with Gasteiger partial charge in [0.2, 0.25) is 0 Å². The minimum atomic E-state index is 0.585. The Morgan fingerprint density at radius 2 is 2.22 bits per heavy atom. The maximum absolute atomic E-state index is 9.09. The minimum absolute atomic E-state index is 0.585. The van der Waals surface area contributed by atoms with Crippen LogP contribution in [0.4, 0.5) is 11.5 Å². The number of nitrogens with zero attached hydrogens (tertiary/aromatic N) is 2. The van der Waals surface area contributed by atoms with Crippen molar-refractivity contribution in [3.05, 3.63) is 53.2 Å². The van der Waals surface area contributed by atoms with E-state index in [0.29, 0.717) is 17.9 Å². The van der Waals surface area contributed by atoms with Crippen LogP contribution in [-0.4, -0.2) is 4.98 Å². The van der Waals surface area contributed by atoms with Crippen LogP contribution in [-0.2, 0) is 6.54 Å². The monoisotopic (exact) mass is 238 g/mol. The summed E-state index contributed by atoms with van der Waals surface area (Å²) in [5.41, 5.74) is 9.00. The van der Waals surface area contributed by atoms with Gasteiger partial charge in [0.1, 0.15) is 11.9 Å². The van der Waals surface area contributed by atoms with Crippen molar-refractivity contribution in [3.63, 3.8) is 0 Å². The number of nitrogens with two attached hydrogens (primary N) is 1. The molecular formula is C14H14N4. The molecule has 18 heavy (non-hydrogen) atoms. The fourth-order valence-electron chi connectivity index (χ4n) is 1.72. The van der Waals surface area contributed by atoms with Crippen LogP contribution >= 0.6 is 0 Å². The van der Waals surface area contributed by atoms with Crippen molar-refractivity contribution < 1.29 is 0 Å². The highest BCUT2D eigenvalue weighted by Crippen LogP contribution is 2.16. The van der Waals surface area contributed by atoms with Gasteiger partial charge in [0.05, 0.1) is 5.56 Å². The predicted octanol–water partition coefficient (Wildman–Crippen LogP) is 2.46. The first kappa shape index (κ1) is 11.9. The summed E-state index contributed by atoms with van der Waals surface area (Å²) in [4.78, 5) is 4.18. The van der Waals surface area contributed by atoms with E-state index in [4.69, 9.17) is 11.0 Å². The highest BCUT2D eigenvalue weighted by molar-refractivity contribution is 5.55. The Hall–Kier alpha value is -2.54. The molecule has 0 unspecified atom stereocenters. The Morgan fingerprint density at radius 3 is 2.94 bits per heavy atom. The Morgan fingerprint density at radius 1 is 1.39 bits per heavy atom. The van der Waals surface area contributed by atoms with Crippen molar-refractivity contribution in [3.8, 4) is 6.07 Å². The molecule has 0 fully saturated rings. The van der Waals surface area contributed by atoms with Gasteiger partial charge in [0.25, 0.3) is 0 Å². The van der Waals surface area contributed by atoms with Crippen molar-refractivity contribution in [2.24, 2.45) is 0 Å². The van der Waals surface area contributed by atoms with E-state index in [9.17, 15) is 0 Å². The van der Waals surface area contributed by atoms with E-state index >= 15 is 0 Å². The summed E-state index contributed by atoms with van der Waals surface area (Å²) in [6.07, 6.45) is 1.69. The molecule has 1 aromatic carbocycles. The molecular weight excluding hydrogens is 224 g/mol. The minimum Gasteiger partial charge on any atom is -0.399 e. The zero-order valence-corrected chi connectivity index (χ0v) is 10.1. The largest absolute Gasteiger partial charge is 0.399 e. The van der Waals surface area contributed by atoms with E-state index in [2.05, 4.69) is 16.4 Å². The van der Waals surface area contributed by atoms with Gasteiger partial charge < -0.3 is 11.1 Å². The summed E-state index contributed by atoms with van der Waals surface area (Å²) in [5.74, 6) is 0.611. The van der Waals surface area contributed by atoms with E-state index in [0.717, 1.165) is 16.8 Å². The number of anilines is 2. The van der Waals surface area contributed by atoms with E-state index in [1.165, 1.54) is 0 Å². The average molecular weight is 238 g/mol. The zero-order chi connectivity index (χ0) is 13.0. The number of aryl methyl sites for hydroxylation is 1. The Bertz CT molecular complexity index is 599. The summed E-state index contributed by atoms with van der Waals surface area (Å²) >= 11 is 0. The predicted molar refractivity (Wildman–Crippen MR) is 71.9 cm³/mol. The summed E-state index contributed by atoms with van der Waals surface area (Å²) < 4.78 is 0. The third-order valence-electron chi connectivity index (χ3n) is 2.68. The van der Waals surface area contributed by atoms with Gasteiger partial charge in [-0.15, -0.1) is 0 Å². The van der Waals surface area contributed by atoms with Crippen molar-refractivity contribution in [2.75, 3.05) is 11.1 Å². The molecule has 2 rings (SSSR count). The number of aromatic nitrogens is 1. The summed E-state index contributed by atoms with van der Waals surface area (Å²) in [6, 6.07) is 11.6. The lowest BCUT2D eigenvalue weighted by molar-refractivity contribution is 1.10. The second kappa shape index (κ2) is 5.19. The van der Waals surface area contributed by atoms with Gasteiger partial charge in [-0.3, -0.25) is 0 Å². The molecule has 0 aliphatic heterocycles. The van der Waals surface area contributed by atoms with Crippen LogP contribution in [0.5, 0.6) is 0 Å². The molecule has 1 heterocycles.